The number of nitrogens with one attached hydrogen (secondary N) is 1. The van der Waals surface area contributed by atoms with Gasteiger partial charge in [-0.25, -0.2) is 0 Å². The molecule has 0 heterocycles. The number of rotatable bonds is 7. The van der Waals surface area contributed by atoms with Gasteiger partial charge in [0.2, 0.25) is 0 Å². The first-order valence-corrected chi connectivity index (χ1v) is 8.58. The van der Waals surface area contributed by atoms with E-state index in [0.717, 1.165) is 0 Å². The van der Waals surface area contributed by atoms with Crippen LogP contribution in [-0.2, 0) is 5.41 Å². The van der Waals surface area contributed by atoms with Crippen LogP contribution in [0, 0.1) is 0 Å². The lowest BCUT2D eigenvalue weighted by molar-refractivity contribution is 0.0947. The molecule has 0 saturated heterocycles. The van der Waals surface area contributed by atoms with Crippen LogP contribution in [0.5, 0.6) is 17.2 Å². The quantitative estimate of drug-likeness (QED) is 0.766. The molecule has 2 aromatic rings. The molecule has 140 valence electrons. The van der Waals surface area contributed by atoms with Gasteiger partial charge in [-0.3, -0.25) is 4.79 Å². The Kier molecular flexibility index (Phi) is 6.50. The van der Waals surface area contributed by atoms with Crippen LogP contribution in [0.3, 0.4) is 0 Å². The molecule has 1 N–H and O–H groups in total. The first-order valence-electron chi connectivity index (χ1n) is 8.58. The monoisotopic (exact) mass is 357 g/mol. The van der Waals surface area contributed by atoms with Crippen molar-refractivity contribution in [3.63, 3.8) is 0 Å². The molecule has 0 fully saturated rings. The van der Waals surface area contributed by atoms with Gasteiger partial charge in [0, 0.05) is 23.8 Å². The Balaban J connectivity index is 1.85. The van der Waals surface area contributed by atoms with Crippen molar-refractivity contribution in [1.82, 2.24) is 5.32 Å². The molecular formula is C21H27NO4. The van der Waals surface area contributed by atoms with Crippen LogP contribution in [-0.4, -0.2) is 33.3 Å². The predicted molar refractivity (Wildman–Crippen MR) is 103 cm³/mol. The first-order chi connectivity index (χ1) is 12.3. The van der Waals surface area contributed by atoms with Gasteiger partial charge in [0.1, 0.15) is 23.9 Å². The summed E-state index contributed by atoms with van der Waals surface area (Å²) in [5, 5.41) is 2.86. The molecule has 0 bridgehead atoms. The summed E-state index contributed by atoms with van der Waals surface area (Å²) in [5.74, 6) is 1.83. The van der Waals surface area contributed by atoms with E-state index >= 15 is 0 Å². The van der Waals surface area contributed by atoms with Crippen molar-refractivity contribution in [3.05, 3.63) is 53.6 Å². The second-order valence-corrected chi connectivity index (χ2v) is 6.98. The minimum Gasteiger partial charge on any atom is -0.496 e. The zero-order chi connectivity index (χ0) is 19.2. The fraction of sp³-hybridized carbons (Fsp3) is 0.381. The molecule has 5 nitrogen and oxygen atoms in total. The maximum atomic E-state index is 12.2. The molecule has 0 unspecified atom stereocenters. The van der Waals surface area contributed by atoms with Crippen molar-refractivity contribution in [3.8, 4) is 17.2 Å². The molecule has 2 rings (SSSR count). The zero-order valence-electron chi connectivity index (χ0n) is 16.1. The molecule has 0 atom stereocenters. The lowest BCUT2D eigenvalue weighted by atomic mass is 9.87. The molecule has 2 aromatic carbocycles. The number of ether oxygens (including phenoxy) is 3. The number of hydrogen-bond acceptors (Lipinski definition) is 4. The molecule has 5 heteroatoms. The highest BCUT2D eigenvalue weighted by Crippen LogP contribution is 2.27. The number of amides is 1. The Morgan fingerprint density at radius 1 is 0.923 bits per heavy atom. The average molecular weight is 357 g/mol. The van der Waals surface area contributed by atoms with Gasteiger partial charge in [0.15, 0.2) is 0 Å². The number of carbonyl (C=O) groups excluding carboxylic acids is 1. The van der Waals surface area contributed by atoms with E-state index in [1.807, 2.05) is 24.3 Å². The molecule has 0 spiro atoms. The Labute approximate surface area is 155 Å². The van der Waals surface area contributed by atoms with Gasteiger partial charge in [-0.15, -0.1) is 0 Å². The van der Waals surface area contributed by atoms with E-state index in [1.165, 1.54) is 5.56 Å². The van der Waals surface area contributed by atoms with E-state index in [9.17, 15) is 4.79 Å². The molecule has 0 aliphatic rings. The van der Waals surface area contributed by atoms with Crippen molar-refractivity contribution in [2.45, 2.75) is 26.2 Å². The fourth-order valence-corrected chi connectivity index (χ4v) is 2.42. The molecule has 0 radical (unpaired) electrons. The minimum absolute atomic E-state index is 0.0701. The van der Waals surface area contributed by atoms with Crippen LogP contribution in [0.25, 0.3) is 0 Å². The normalized spacial score (nSPS) is 11.0. The zero-order valence-corrected chi connectivity index (χ0v) is 16.1. The molecule has 1 amide bonds. The van der Waals surface area contributed by atoms with Crippen molar-refractivity contribution >= 4 is 5.91 Å². The third-order valence-electron chi connectivity index (χ3n) is 3.99. The molecule has 0 aliphatic heterocycles. The standard InChI is InChI=1S/C21H27NO4/c1-21(2,3)16-8-6-15(7-9-16)20(23)22-10-11-26-19-13-17(24-4)12-18(14-19)25-5/h6-9,12-14H,10-11H2,1-5H3,(H,22,23). The Morgan fingerprint density at radius 2 is 1.46 bits per heavy atom. The van der Waals surface area contributed by atoms with Gasteiger partial charge in [0.05, 0.1) is 20.8 Å². The summed E-state index contributed by atoms with van der Waals surface area (Å²) >= 11 is 0. The molecule has 0 aliphatic carbocycles. The second kappa shape index (κ2) is 8.61. The summed E-state index contributed by atoms with van der Waals surface area (Å²) < 4.78 is 16.1. The van der Waals surface area contributed by atoms with Crippen LogP contribution >= 0.6 is 0 Å². The van der Waals surface area contributed by atoms with Crippen molar-refractivity contribution < 1.29 is 19.0 Å². The van der Waals surface area contributed by atoms with Crippen molar-refractivity contribution in [1.29, 1.82) is 0 Å². The molecule has 26 heavy (non-hydrogen) atoms. The van der Waals surface area contributed by atoms with E-state index < -0.39 is 0 Å². The Bertz CT molecular complexity index is 710. The SMILES string of the molecule is COc1cc(OC)cc(OCCNC(=O)c2ccc(C(C)(C)C)cc2)c1. The molecular weight excluding hydrogens is 330 g/mol. The third kappa shape index (κ3) is 5.41. The number of hydrogen-bond donors (Lipinski definition) is 1. The highest BCUT2D eigenvalue weighted by molar-refractivity contribution is 5.94. The Morgan fingerprint density at radius 3 is 1.96 bits per heavy atom. The van der Waals surface area contributed by atoms with E-state index in [1.54, 1.807) is 32.4 Å². The molecule has 0 aromatic heterocycles. The van der Waals surface area contributed by atoms with Gasteiger partial charge in [-0.05, 0) is 23.1 Å². The molecule has 0 saturated carbocycles. The van der Waals surface area contributed by atoms with Gasteiger partial charge in [0.25, 0.3) is 5.91 Å². The third-order valence-corrected chi connectivity index (χ3v) is 3.99. The van der Waals surface area contributed by atoms with Gasteiger partial charge < -0.3 is 19.5 Å². The van der Waals surface area contributed by atoms with Gasteiger partial charge >= 0.3 is 0 Å². The van der Waals surface area contributed by atoms with Crippen molar-refractivity contribution in [2.75, 3.05) is 27.4 Å². The number of carbonyl (C=O) groups is 1. The van der Waals surface area contributed by atoms with E-state index in [-0.39, 0.29) is 11.3 Å². The predicted octanol–water partition coefficient (Wildman–Crippen LogP) is 3.81. The summed E-state index contributed by atoms with van der Waals surface area (Å²) in [7, 11) is 3.17. The van der Waals surface area contributed by atoms with E-state index in [4.69, 9.17) is 14.2 Å². The van der Waals surface area contributed by atoms with Gasteiger partial charge in [-0.2, -0.15) is 0 Å². The van der Waals surface area contributed by atoms with Crippen LogP contribution in [0.2, 0.25) is 0 Å². The summed E-state index contributed by atoms with van der Waals surface area (Å²) in [6.07, 6.45) is 0. The van der Waals surface area contributed by atoms with Gasteiger partial charge in [-0.1, -0.05) is 32.9 Å². The highest BCUT2D eigenvalue weighted by atomic mass is 16.5. The lowest BCUT2D eigenvalue weighted by Crippen LogP contribution is -2.28. The van der Waals surface area contributed by atoms with Crippen LogP contribution < -0.4 is 19.5 Å². The summed E-state index contributed by atoms with van der Waals surface area (Å²) in [5.41, 5.74) is 1.91. The first kappa shape index (κ1) is 19.6. The van der Waals surface area contributed by atoms with Crippen LogP contribution in [0.15, 0.2) is 42.5 Å². The summed E-state index contributed by atoms with van der Waals surface area (Å²) in [6, 6.07) is 13.0. The topological polar surface area (TPSA) is 56.8 Å². The number of benzene rings is 2. The minimum atomic E-state index is -0.114. The largest absolute Gasteiger partial charge is 0.496 e. The average Bonchev–Trinajstić information content (AvgIpc) is 2.64. The van der Waals surface area contributed by atoms with Crippen molar-refractivity contribution in [2.24, 2.45) is 0 Å². The number of methoxy groups -OCH3 is 2. The maximum absolute atomic E-state index is 12.2. The summed E-state index contributed by atoms with van der Waals surface area (Å²) in [6.45, 7) is 7.19. The smallest absolute Gasteiger partial charge is 0.251 e. The van der Waals surface area contributed by atoms with Crippen LogP contribution in [0.1, 0.15) is 36.7 Å². The van der Waals surface area contributed by atoms with E-state index in [0.29, 0.717) is 36.0 Å². The Hall–Kier alpha value is -2.69. The summed E-state index contributed by atoms with van der Waals surface area (Å²) in [4.78, 5) is 12.2. The second-order valence-electron chi connectivity index (χ2n) is 6.98. The van der Waals surface area contributed by atoms with Crippen LogP contribution in [0.4, 0.5) is 0 Å². The highest BCUT2D eigenvalue weighted by Gasteiger charge is 2.14. The van der Waals surface area contributed by atoms with E-state index in [2.05, 4.69) is 26.1 Å². The maximum Gasteiger partial charge on any atom is 0.251 e. The lowest BCUT2D eigenvalue weighted by Gasteiger charge is -2.19. The fourth-order valence-electron chi connectivity index (χ4n) is 2.42.